The van der Waals surface area contributed by atoms with Crippen LogP contribution in [0.4, 0.5) is 0 Å². The smallest absolute Gasteiger partial charge is 0.251 e. The number of aromatic nitrogens is 1. The second kappa shape index (κ2) is 4.10. The van der Waals surface area contributed by atoms with Crippen molar-refractivity contribution in [2.24, 2.45) is 5.41 Å². The maximum Gasteiger partial charge on any atom is 0.251 e. The zero-order valence-electron chi connectivity index (χ0n) is 11.1. The lowest BCUT2D eigenvalue weighted by atomic mass is 9.64. The molecule has 1 aliphatic carbocycles. The topological polar surface area (TPSA) is 65.1 Å². The SMILES string of the molecule is CC1(C)C(O)CC1NC(=O)c1ccc2[nH]ccc2c1. The van der Waals surface area contributed by atoms with Gasteiger partial charge in [-0.25, -0.2) is 0 Å². The highest BCUT2D eigenvalue weighted by Gasteiger charge is 2.47. The first kappa shape index (κ1) is 12.2. The van der Waals surface area contributed by atoms with Gasteiger partial charge in [0, 0.05) is 34.1 Å². The second-order valence-corrected chi connectivity index (χ2v) is 5.88. The summed E-state index contributed by atoms with van der Waals surface area (Å²) in [6.07, 6.45) is 2.16. The van der Waals surface area contributed by atoms with Crippen molar-refractivity contribution < 1.29 is 9.90 Å². The van der Waals surface area contributed by atoms with Gasteiger partial charge in [0.05, 0.1) is 6.10 Å². The number of nitrogens with one attached hydrogen (secondary N) is 2. The molecule has 3 N–H and O–H groups in total. The number of carbonyl (C=O) groups excluding carboxylic acids is 1. The molecule has 1 aromatic carbocycles. The largest absolute Gasteiger partial charge is 0.392 e. The lowest BCUT2D eigenvalue weighted by molar-refractivity contribution is -0.0689. The number of rotatable bonds is 2. The summed E-state index contributed by atoms with van der Waals surface area (Å²) in [6.45, 7) is 3.95. The summed E-state index contributed by atoms with van der Waals surface area (Å²) in [5.74, 6) is -0.0759. The number of aliphatic hydroxyl groups is 1. The van der Waals surface area contributed by atoms with Crippen LogP contribution in [0.25, 0.3) is 10.9 Å². The van der Waals surface area contributed by atoms with Gasteiger partial charge < -0.3 is 15.4 Å². The summed E-state index contributed by atoms with van der Waals surface area (Å²) in [4.78, 5) is 15.3. The normalized spacial score (nSPS) is 25.0. The van der Waals surface area contributed by atoms with E-state index in [0.717, 1.165) is 10.9 Å². The van der Waals surface area contributed by atoms with Gasteiger partial charge in [0.2, 0.25) is 0 Å². The highest BCUT2D eigenvalue weighted by atomic mass is 16.3. The van der Waals surface area contributed by atoms with E-state index in [1.165, 1.54) is 0 Å². The van der Waals surface area contributed by atoms with Crippen molar-refractivity contribution in [1.29, 1.82) is 0 Å². The van der Waals surface area contributed by atoms with E-state index in [2.05, 4.69) is 10.3 Å². The lowest BCUT2D eigenvalue weighted by Crippen LogP contribution is -2.61. The molecule has 2 unspecified atom stereocenters. The minimum atomic E-state index is -0.329. The molecule has 1 aliphatic rings. The summed E-state index contributed by atoms with van der Waals surface area (Å²) >= 11 is 0. The van der Waals surface area contributed by atoms with E-state index in [-0.39, 0.29) is 23.5 Å². The number of hydrogen-bond donors (Lipinski definition) is 3. The number of carbonyl (C=O) groups is 1. The van der Waals surface area contributed by atoms with E-state index in [0.29, 0.717) is 12.0 Å². The molecule has 0 spiro atoms. The lowest BCUT2D eigenvalue weighted by Gasteiger charge is -2.49. The highest BCUT2D eigenvalue weighted by molar-refractivity contribution is 5.98. The van der Waals surface area contributed by atoms with Gasteiger partial charge in [-0.1, -0.05) is 13.8 Å². The third-order valence-electron chi connectivity index (χ3n) is 4.34. The maximum absolute atomic E-state index is 12.2. The molecule has 4 heteroatoms. The molecule has 19 heavy (non-hydrogen) atoms. The molecule has 0 bridgehead atoms. The van der Waals surface area contributed by atoms with Crippen LogP contribution >= 0.6 is 0 Å². The third kappa shape index (κ3) is 1.92. The van der Waals surface area contributed by atoms with Crippen molar-refractivity contribution in [3.63, 3.8) is 0 Å². The summed E-state index contributed by atoms with van der Waals surface area (Å²) in [7, 11) is 0. The Morgan fingerprint density at radius 2 is 2.21 bits per heavy atom. The van der Waals surface area contributed by atoms with E-state index >= 15 is 0 Å². The first-order valence-corrected chi connectivity index (χ1v) is 6.54. The molecule has 2 atom stereocenters. The number of fused-ring (bicyclic) bond motifs is 1. The average molecular weight is 258 g/mol. The van der Waals surface area contributed by atoms with Crippen molar-refractivity contribution in [2.45, 2.75) is 32.4 Å². The molecule has 0 saturated heterocycles. The maximum atomic E-state index is 12.2. The van der Waals surface area contributed by atoms with Crippen LogP contribution in [0.15, 0.2) is 30.5 Å². The predicted molar refractivity (Wildman–Crippen MR) is 74.0 cm³/mol. The Hall–Kier alpha value is -1.81. The van der Waals surface area contributed by atoms with Crippen molar-refractivity contribution in [1.82, 2.24) is 10.3 Å². The number of aliphatic hydroxyl groups excluding tert-OH is 1. The predicted octanol–water partition coefficient (Wildman–Crippen LogP) is 2.06. The fourth-order valence-corrected chi connectivity index (χ4v) is 2.58. The van der Waals surface area contributed by atoms with Crippen LogP contribution < -0.4 is 5.32 Å². The van der Waals surface area contributed by atoms with Crippen LogP contribution in [-0.2, 0) is 0 Å². The van der Waals surface area contributed by atoms with E-state index in [1.54, 1.807) is 0 Å². The van der Waals surface area contributed by atoms with Crippen LogP contribution in [0.3, 0.4) is 0 Å². The Labute approximate surface area is 111 Å². The summed E-state index contributed by atoms with van der Waals surface area (Å²) in [5.41, 5.74) is 1.44. The Morgan fingerprint density at radius 1 is 1.42 bits per heavy atom. The van der Waals surface area contributed by atoms with Crippen LogP contribution in [0, 0.1) is 5.41 Å². The van der Waals surface area contributed by atoms with Crippen LogP contribution in [-0.4, -0.2) is 28.1 Å². The van der Waals surface area contributed by atoms with Crippen molar-refractivity contribution in [3.05, 3.63) is 36.0 Å². The first-order chi connectivity index (χ1) is 8.98. The van der Waals surface area contributed by atoms with Crippen molar-refractivity contribution in [3.8, 4) is 0 Å². The van der Waals surface area contributed by atoms with Gasteiger partial charge in [0.25, 0.3) is 5.91 Å². The molecule has 1 fully saturated rings. The Balaban J connectivity index is 1.77. The molecule has 100 valence electrons. The van der Waals surface area contributed by atoms with E-state index in [4.69, 9.17) is 0 Å². The molecule has 1 heterocycles. The average Bonchev–Trinajstić information content (AvgIpc) is 2.85. The Bertz CT molecular complexity index is 630. The highest BCUT2D eigenvalue weighted by Crippen LogP contribution is 2.40. The fourth-order valence-electron chi connectivity index (χ4n) is 2.58. The number of H-pyrrole nitrogens is 1. The van der Waals surface area contributed by atoms with E-state index in [9.17, 15) is 9.90 Å². The van der Waals surface area contributed by atoms with Gasteiger partial charge in [0.15, 0.2) is 0 Å². The molecule has 2 aromatic rings. The molecule has 3 rings (SSSR count). The van der Waals surface area contributed by atoms with Gasteiger partial charge >= 0.3 is 0 Å². The van der Waals surface area contributed by atoms with Gasteiger partial charge in [-0.15, -0.1) is 0 Å². The van der Waals surface area contributed by atoms with Crippen molar-refractivity contribution in [2.75, 3.05) is 0 Å². The van der Waals surface area contributed by atoms with E-state index in [1.807, 2.05) is 44.3 Å². The van der Waals surface area contributed by atoms with Gasteiger partial charge in [-0.05, 0) is 30.7 Å². The monoisotopic (exact) mass is 258 g/mol. The summed E-state index contributed by atoms with van der Waals surface area (Å²) < 4.78 is 0. The summed E-state index contributed by atoms with van der Waals surface area (Å²) in [5, 5.41) is 13.7. The van der Waals surface area contributed by atoms with Gasteiger partial charge in [-0.3, -0.25) is 4.79 Å². The van der Waals surface area contributed by atoms with Gasteiger partial charge in [-0.2, -0.15) is 0 Å². The standard InChI is InChI=1S/C15H18N2O2/c1-15(2)12(8-13(15)18)17-14(19)10-3-4-11-9(7-10)5-6-16-11/h3-7,12-13,16,18H,8H2,1-2H3,(H,17,19). The number of hydrogen-bond acceptors (Lipinski definition) is 2. The molecule has 1 saturated carbocycles. The molecule has 0 aliphatic heterocycles. The third-order valence-corrected chi connectivity index (χ3v) is 4.34. The second-order valence-electron chi connectivity index (χ2n) is 5.88. The fraction of sp³-hybridized carbons (Fsp3) is 0.400. The molecular formula is C15H18N2O2. The van der Waals surface area contributed by atoms with Crippen LogP contribution in [0.2, 0.25) is 0 Å². The molecule has 4 nitrogen and oxygen atoms in total. The zero-order valence-corrected chi connectivity index (χ0v) is 11.1. The Kier molecular flexibility index (Phi) is 2.64. The number of amides is 1. The van der Waals surface area contributed by atoms with Crippen LogP contribution in [0.5, 0.6) is 0 Å². The zero-order chi connectivity index (χ0) is 13.6. The molecule has 0 radical (unpaired) electrons. The first-order valence-electron chi connectivity index (χ1n) is 6.54. The molecular weight excluding hydrogens is 240 g/mol. The molecule has 1 amide bonds. The number of aromatic amines is 1. The summed E-state index contributed by atoms with van der Waals surface area (Å²) in [6, 6.07) is 7.59. The number of benzene rings is 1. The minimum absolute atomic E-state index is 0.0388. The molecule has 1 aromatic heterocycles. The van der Waals surface area contributed by atoms with Crippen molar-refractivity contribution >= 4 is 16.8 Å². The minimum Gasteiger partial charge on any atom is -0.392 e. The Morgan fingerprint density at radius 3 is 2.89 bits per heavy atom. The van der Waals surface area contributed by atoms with Gasteiger partial charge in [0.1, 0.15) is 0 Å². The van der Waals surface area contributed by atoms with Crippen LogP contribution in [0.1, 0.15) is 30.6 Å². The quantitative estimate of drug-likeness (QED) is 0.772. The van der Waals surface area contributed by atoms with E-state index < -0.39 is 0 Å².